The molecule has 2 aromatic heterocycles. The number of imidazole rings is 1. The molecule has 6 nitrogen and oxygen atoms in total. The summed E-state index contributed by atoms with van der Waals surface area (Å²) in [7, 11) is 0. The summed E-state index contributed by atoms with van der Waals surface area (Å²) in [6, 6.07) is 2.06. The third kappa shape index (κ3) is 3.57. The molecule has 0 radical (unpaired) electrons. The number of aromatic nitrogens is 4. The molecular formula is C20H26N6. The predicted octanol–water partition coefficient (Wildman–Crippen LogP) is 4.05. The van der Waals surface area contributed by atoms with Crippen molar-refractivity contribution in [3.63, 3.8) is 0 Å². The second-order valence-electron chi connectivity index (χ2n) is 7.78. The highest BCUT2D eigenvalue weighted by atomic mass is 15.1. The Morgan fingerprint density at radius 1 is 1.19 bits per heavy atom. The molecule has 0 saturated heterocycles. The number of nitriles is 1. The Morgan fingerprint density at radius 2 is 2.00 bits per heavy atom. The lowest BCUT2D eigenvalue weighted by Gasteiger charge is -2.25. The maximum absolute atomic E-state index is 9.23. The fourth-order valence-corrected chi connectivity index (χ4v) is 4.01. The van der Waals surface area contributed by atoms with Gasteiger partial charge >= 0.3 is 0 Å². The second kappa shape index (κ2) is 7.45. The van der Waals surface area contributed by atoms with Gasteiger partial charge in [-0.3, -0.25) is 0 Å². The number of rotatable bonds is 6. The second-order valence-corrected chi connectivity index (χ2v) is 7.78. The molecule has 2 fully saturated rings. The number of fused-ring (bicyclic) bond motifs is 1. The van der Waals surface area contributed by atoms with E-state index >= 15 is 0 Å². The van der Waals surface area contributed by atoms with Crippen molar-refractivity contribution in [3.8, 4) is 6.07 Å². The molecule has 1 N–H and O–H groups in total. The Labute approximate surface area is 154 Å². The zero-order valence-corrected chi connectivity index (χ0v) is 15.2. The van der Waals surface area contributed by atoms with Crippen molar-refractivity contribution in [2.75, 3.05) is 11.9 Å². The summed E-state index contributed by atoms with van der Waals surface area (Å²) in [5.41, 5.74) is 2.92. The molecule has 4 rings (SSSR count). The first-order chi connectivity index (χ1) is 12.7. The first-order valence-corrected chi connectivity index (χ1v) is 9.76. The van der Waals surface area contributed by atoms with Gasteiger partial charge in [-0.15, -0.1) is 0 Å². The summed E-state index contributed by atoms with van der Waals surface area (Å²) in [6.07, 6.45) is 11.7. The lowest BCUT2D eigenvalue weighted by molar-refractivity contribution is 0.303. The molecule has 2 heterocycles. The van der Waals surface area contributed by atoms with Crippen LogP contribution < -0.4 is 5.32 Å². The van der Waals surface area contributed by atoms with E-state index in [0.717, 1.165) is 49.6 Å². The largest absolute Gasteiger partial charge is 0.368 e. The van der Waals surface area contributed by atoms with Crippen molar-refractivity contribution in [2.45, 2.75) is 57.9 Å². The maximum atomic E-state index is 9.23. The van der Waals surface area contributed by atoms with E-state index in [-0.39, 0.29) is 5.82 Å². The van der Waals surface area contributed by atoms with Crippen LogP contribution in [0.15, 0.2) is 18.5 Å². The Kier molecular flexibility index (Phi) is 4.87. The first kappa shape index (κ1) is 17.0. The van der Waals surface area contributed by atoms with Crippen LogP contribution >= 0.6 is 0 Å². The van der Waals surface area contributed by atoms with Crippen LogP contribution in [0, 0.1) is 23.2 Å². The lowest BCUT2D eigenvalue weighted by atomic mass is 9.83. The van der Waals surface area contributed by atoms with Gasteiger partial charge in [-0.1, -0.05) is 31.4 Å². The number of hydrogen-bond donors (Lipinski definition) is 1. The van der Waals surface area contributed by atoms with Crippen LogP contribution in [0.4, 0.5) is 5.82 Å². The fraction of sp³-hybridized carbons (Fsp3) is 0.600. The summed E-state index contributed by atoms with van der Waals surface area (Å²) >= 11 is 0. The van der Waals surface area contributed by atoms with Gasteiger partial charge in [0.1, 0.15) is 11.6 Å². The minimum absolute atomic E-state index is 0.183. The SMILES string of the molecule is C=C1CCC(Cn2cnc3nc(C#N)nc(NCCC4CCC4)c32)CC1. The zero-order chi connectivity index (χ0) is 17.9. The molecule has 2 aliphatic rings. The van der Waals surface area contributed by atoms with Crippen molar-refractivity contribution in [1.82, 2.24) is 19.5 Å². The maximum Gasteiger partial charge on any atom is 0.236 e. The molecule has 0 amide bonds. The van der Waals surface area contributed by atoms with Crippen molar-refractivity contribution < 1.29 is 0 Å². The number of nitrogens with one attached hydrogen (secondary N) is 1. The van der Waals surface area contributed by atoms with E-state index in [1.807, 2.05) is 6.33 Å². The van der Waals surface area contributed by atoms with Gasteiger partial charge in [0, 0.05) is 13.1 Å². The number of nitrogens with zero attached hydrogens (tertiary/aromatic N) is 5. The van der Waals surface area contributed by atoms with Gasteiger partial charge < -0.3 is 9.88 Å². The van der Waals surface area contributed by atoms with E-state index in [9.17, 15) is 5.26 Å². The van der Waals surface area contributed by atoms with Gasteiger partial charge in [-0.2, -0.15) is 15.2 Å². The van der Waals surface area contributed by atoms with Gasteiger partial charge in [0.25, 0.3) is 0 Å². The van der Waals surface area contributed by atoms with E-state index in [1.54, 1.807) is 0 Å². The van der Waals surface area contributed by atoms with Crippen LogP contribution in [0.1, 0.15) is 57.2 Å². The van der Waals surface area contributed by atoms with E-state index < -0.39 is 0 Å². The van der Waals surface area contributed by atoms with Crippen LogP contribution in [0.25, 0.3) is 11.2 Å². The molecule has 0 spiro atoms. The summed E-state index contributed by atoms with van der Waals surface area (Å²) in [4.78, 5) is 13.2. The first-order valence-electron chi connectivity index (χ1n) is 9.76. The molecule has 2 aliphatic carbocycles. The minimum Gasteiger partial charge on any atom is -0.368 e. The molecule has 6 heteroatoms. The lowest BCUT2D eigenvalue weighted by Crippen LogP contribution is -2.17. The van der Waals surface area contributed by atoms with Crippen molar-refractivity contribution in [2.24, 2.45) is 11.8 Å². The predicted molar refractivity (Wildman–Crippen MR) is 102 cm³/mol. The Balaban J connectivity index is 1.55. The molecule has 2 aromatic rings. The standard InChI is InChI=1S/C20H26N6/c1-14-5-7-16(8-6-14)12-26-13-23-20-18(26)19(24-17(11-21)25-20)22-10-9-15-3-2-4-15/h13,15-16H,1-10,12H2,(H,22,24,25). The average Bonchev–Trinajstić information content (AvgIpc) is 3.01. The molecule has 0 unspecified atom stereocenters. The fourth-order valence-electron chi connectivity index (χ4n) is 4.01. The van der Waals surface area contributed by atoms with Crippen LogP contribution in [0.2, 0.25) is 0 Å². The number of hydrogen-bond acceptors (Lipinski definition) is 5. The van der Waals surface area contributed by atoms with Crippen LogP contribution in [-0.2, 0) is 6.54 Å². The molecule has 0 aliphatic heterocycles. The van der Waals surface area contributed by atoms with Gasteiger partial charge in [-0.25, -0.2) is 4.98 Å². The van der Waals surface area contributed by atoms with Crippen LogP contribution in [0.3, 0.4) is 0 Å². The monoisotopic (exact) mass is 350 g/mol. The molecule has 0 atom stereocenters. The van der Waals surface area contributed by atoms with Gasteiger partial charge in [-0.05, 0) is 43.9 Å². The number of anilines is 1. The topological polar surface area (TPSA) is 79.4 Å². The van der Waals surface area contributed by atoms with E-state index in [0.29, 0.717) is 11.6 Å². The number of allylic oxidation sites excluding steroid dienone is 1. The Hall–Kier alpha value is -2.42. The normalized spacial score (nSPS) is 18.7. The summed E-state index contributed by atoms with van der Waals surface area (Å²) in [5.74, 6) is 2.42. The van der Waals surface area contributed by atoms with Crippen molar-refractivity contribution >= 4 is 17.0 Å². The summed E-state index contributed by atoms with van der Waals surface area (Å²) in [6.45, 7) is 5.92. The third-order valence-electron chi connectivity index (χ3n) is 5.91. The Bertz CT molecular complexity index is 832. The van der Waals surface area contributed by atoms with Gasteiger partial charge in [0.15, 0.2) is 11.5 Å². The van der Waals surface area contributed by atoms with E-state index in [1.165, 1.54) is 37.7 Å². The summed E-state index contributed by atoms with van der Waals surface area (Å²) < 4.78 is 2.17. The minimum atomic E-state index is 0.183. The third-order valence-corrected chi connectivity index (χ3v) is 5.91. The highest BCUT2D eigenvalue weighted by Crippen LogP contribution is 2.31. The summed E-state index contributed by atoms with van der Waals surface area (Å²) in [5, 5.41) is 12.7. The molecule has 26 heavy (non-hydrogen) atoms. The van der Waals surface area contributed by atoms with Gasteiger partial charge in [0.2, 0.25) is 5.82 Å². The van der Waals surface area contributed by atoms with Crippen LogP contribution in [0.5, 0.6) is 0 Å². The Morgan fingerprint density at radius 3 is 2.69 bits per heavy atom. The molecule has 136 valence electrons. The van der Waals surface area contributed by atoms with E-state index in [2.05, 4.69) is 37.5 Å². The molecular weight excluding hydrogens is 324 g/mol. The zero-order valence-electron chi connectivity index (χ0n) is 15.2. The van der Waals surface area contributed by atoms with Crippen molar-refractivity contribution in [3.05, 3.63) is 24.3 Å². The van der Waals surface area contributed by atoms with Gasteiger partial charge in [0.05, 0.1) is 6.33 Å². The molecule has 2 saturated carbocycles. The highest BCUT2D eigenvalue weighted by Gasteiger charge is 2.20. The average molecular weight is 350 g/mol. The molecule has 0 aromatic carbocycles. The quantitative estimate of drug-likeness (QED) is 0.795. The van der Waals surface area contributed by atoms with Crippen LogP contribution in [-0.4, -0.2) is 26.1 Å². The highest BCUT2D eigenvalue weighted by molar-refractivity contribution is 5.83. The molecule has 0 bridgehead atoms. The van der Waals surface area contributed by atoms with E-state index in [4.69, 9.17) is 0 Å². The van der Waals surface area contributed by atoms with Crippen molar-refractivity contribution in [1.29, 1.82) is 5.26 Å². The smallest absolute Gasteiger partial charge is 0.236 e.